The number of halogens is 1. The minimum Gasteiger partial charge on any atom is -0.489 e. The lowest BCUT2D eigenvalue weighted by molar-refractivity contribution is 0.475. The van der Waals surface area contributed by atoms with Crippen molar-refractivity contribution in [1.29, 1.82) is 0 Å². The molecule has 0 N–H and O–H groups in total. The van der Waals surface area contributed by atoms with Crippen molar-refractivity contribution in [2.45, 2.75) is 0 Å². The molecule has 1 radical (unpaired) electrons. The molecule has 2 heteroatoms. The van der Waals surface area contributed by atoms with Gasteiger partial charge in [-0.05, 0) is 23.8 Å². The Kier molecular flexibility index (Phi) is 2.93. The van der Waals surface area contributed by atoms with Gasteiger partial charge < -0.3 is 4.74 Å². The van der Waals surface area contributed by atoms with E-state index in [0.29, 0.717) is 5.02 Å². The predicted octanol–water partition coefficient (Wildman–Crippen LogP) is 4.18. The van der Waals surface area contributed by atoms with Crippen LogP contribution >= 0.6 is 11.6 Å². The van der Waals surface area contributed by atoms with Crippen molar-refractivity contribution < 1.29 is 4.74 Å². The molecular formula is C13H10ClO. The summed E-state index contributed by atoms with van der Waals surface area (Å²) in [5.41, 5.74) is 2.02. The van der Waals surface area contributed by atoms with Crippen LogP contribution in [0.15, 0.2) is 48.5 Å². The van der Waals surface area contributed by atoms with Crippen molar-refractivity contribution in [3.63, 3.8) is 0 Å². The van der Waals surface area contributed by atoms with Crippen LogP contribution in [0.3, 0.4) is 0 Å². The third kappa shape index (κ3) is 2.13. The summed E-state index contributed by atoms with van der Waals surface area (Å²) >= 11 is 5.95. The summed E-state index contributed by atoms with van der Waals surface area (Å²) in [6.07, 6.45) is 0. The van der Waals surface area contributed by atoms with Crippen molar-refractivity contribution in [2.75, 3.05) is 0 Å². The zero-order valence-electron chi connectivity index (χ0n) is 8.11. The maximum Gasteiger partial charge on any atom is 0.127 e. The standard InChI is InChI=1S/C13H10ClO/c1-15-13-8-7-11(14)9-12(13)10-5-3-2-4-6-10/h2-9H,1H2. The highest BCUT2D eigenvalue weighted by atomic mass is 35.5. The van der Waals surface area contributed by atoms with E-state index in [1.165, 1.54) is 0 Å². The van der Waals surface area contributed by atoms with E-state index in [9.17, 15) is 0 Å². The Labute approximate surface area is 94.3 Å². The smallest absolute Gasteiger partial charge is 0.127 e. The fourth-order valence-corrected chi connectivity index (χ4v) is 1.64. The van der Waals surface area contributed by atoms with Crippen LogP contribution in [-0.2, 0) is 0 Å². The van der Waals surface area contributed by atoms with Gasteiger partial charge in [-0.3, -0.25) is 0 Å². The van der Waals surface area contributed by atoms with Crippen LogP contribution < -0.4 is 4.74 Å². The van der Waals surface area contributed by atoms with Gasteiger partial charge >= 0.3 is 0 Å². The van der Waals surface area contributed by atoms with Crippen LogP contribution in [0.25, 0.3) is 11.1 Å². The van der Waals surface area contributed by atoms with E-state index in [0.717, 1.165) is 16.9 Å². The quantitative estimate of drug-likeness (QED) is 0.734. The number of ether oxygens (including phenoxy) is 1. The fraction of sp³-hybridized carbons (Fsp3) is 0. The normalized spacial score (nSPS) is 10.0. The number of hydrogen-bond acceptors (Lipinski definition) is 1. The van der Waals surface area contributed by atoms with E-state index in [-0.39, 0.29) is 0 Å². The Bertz CT molecular complexity index is 451. The van der Waals surface area contributed by atoms with E-state index in [4.69, 9.17) is 16.3 Å². The molecule has 15 heavy (non-hydrogen) atoms. The molecule has 0 aliphatic carbocycles. The highest BCUT2D eigenvalue weighted by molar-refractivity contribution is 6.31. The zero-order chi connectivity index (χ0) is 10.7. The first-order chi connectivity index (χ1) is 7.31. The fourth-order valence-electron chi connectivity index (χ4n) is 1.47. The largest absolute Gasteiger partial charge is 0.489 e. The van der Waals surface area contributed by atoms with Crippen LogP contribution in [-0.4, -0.2) is 0 Å². The van der Waals surface area contributed by atoms with Crippen molar-refractivity contribution in [3.05, 3.63) is 60.7 Å². The molecule has 0 bridgehead atoms. The van der Waals surface area contributed by atoms with E-state index in [1.54, 1.807) is 6.07 Å². The molecule has 75 valence electrons. The highest BCUT2D eigenvalue weighted by Gasteiger charge is 2.05. The van der Waals surface area contributed by atoms with Gasteiger partial charge in [0.1, 0.15) is 12.9 Å². The molecule has 0 unspecified atom stereocenters. The lowest BCUT2D eigenvalue weighted by atomic mass is 10.1. The Morgan fingerprint density at radius 2 is 1.73 bits per heavy atom. The summed E-state index contributed by atoms with van der Waals surface area (Å²) in [5, 5.41) is 0.689. The lowest BCUT2D eigenvalue weighted by Gasteiger charge is -2.08. The third-order valence-corrected chi connectivity index (χ3v) is 2.42. The summed E-state index contributed by atoms with van der Waals surface area (Å²) in [6.45, 7) is 0. The van der Waals surface area contributed by atoms with E-state index in [2.05, 4.69) is 7.11 Å². The third-order valence-electron chi connectivity index (χ3n) is 2.18. The Morgan fingerprint density at radius 1 is 1.00 bits per heavy atom. The maximum absolute atomic E-state index is 5.95. The SMILES string of the molecule is [CH2]Oc1ccc(Cl)cc1-c1ccccc1. The van der Waals surface area contributed by atoms with Crippen LogP contribution in [0.1, 0.15) is 0 Å². The highest BCUT2D eigenvalue weighted by Crippen LogP contribution is 2.32. The van der Waals surface area contributed by atoms with Gasteiger partial charge in [-0.25, -0.2) is 0 Å². The van der Waals surface area contributed by atoms with Crippen molar-refractivity contribution in [2.24, 2.45) is 0 Å². The zero-order valence-corrected chi connectivity index (χ0v) is 8.87. The van der Waals surface area contributed by atoms with Gasteiger partial charge in [-0.15, -0.1) is 0 Å². The van der Waals surface area contributed by atoms with E-state index in [1.807, 2.05) is 42.5 Å². The topological polar surface area (TPSA) is 9.23 Å². The Balaban J connectivity index is 2.56. The van der Waals surface area contributed by atoms with Gasteiger partial charge in [-0.1, -0.05) is 41.9 Å². The van der Waals surface area contributed by atoms with Gasteiger partial charge in [0.15, 0.2) is 0 Å². The number of hydrogen-bond donors (Lipinski definition) is 0. The molecule has 0 atom stereocenters. The maximum atomic E-state index is 5.95. The Hall–Kier alpha value is -1.47. The second-order valence-electron chi connectivity index (χ2n) is 3.15. The van der Waals surface area contributed by atoms with Gasteiger partial charge in [0.05, 0.1) is 0 Å². The Morgan fingerprint density at radius 3 is 2.40 bits per heavy atom. The van der Waals surface area contributed by atoms with Crippen molar-refractivity contribution >= 4 is 11.6 Å². The van der Waals surface area contributed by atoms with Gasteiger partial charge in [0, 0.05) is 10.6 Å². The van der Waals surface area contributed by atoms with Gasteiger partial charge in [-0.2, -0.15) is 0 Å². The summed E-state index contributed by atoms with van der Waals surface area (Å²) in [4.78, 5) is 0. The van der Waals surface area contributed by atoms with Crippen LogP contribution in [0, 0.1) is 7.11 Å². The van der Waals surface area contributed by atoms with Crippen LogP contribution in [0.2, 0.25) is 5.02 Å². The van der Waals surface area contributed by atoms with Crippen molar-refractivity contribution in [3.8, 4) is 16.9 Å². The van der Waals surface area contributed by atoms with Gasteiger partial charge in [0.25, 0.3) is 0 Å². The summed E-state index contributed by atoms with van der Waals surface area (Å²) in [5.74, 6) is 0.727. The molecule has 0 saturated heterocycles. The molecule has 0 fully saturated rings. The molecule has 0 heterocycles. The van der Waals surface area contributed by atoms with Gasteiger partial charge in [0.2, 0.25) is 0 Å². The average molecular weight is 218 g/mol. The molecular weight excluding hydrogens is 208 g/mol. The monoisotopic (exact) mass is 217 g/mol. The molecule has 0 saturated carbocycles. The first-order valence-electron chi connectivity index (χ1n) is 4.58. The molecule has 1 nitrogen and oxygen atoms in total. The van der Waals surface area contributed by atoms with E-state index < -0.39 is 0 Å². The minimum atomic E-state index is 0.689. The summed E-state index contributed by atoms with van der Waals surface area (Å²) in [7, 11) is 3.43. The molecule has 0 spiro atoms. The van der Waals surface area contributed by atoms with Crippen LogP contribution in [0.4, 0.5) is 0 Å². The molecule has 0 amide bonds. The number of rotatable bonds is 2. The predicted molar refractivity (Wildman–Crippen MR) is 62.9 cm³/mol. The molecule has 2 aromatic rings. The molecule has 2 aromatic carbocycles. The summed E-state index contributed by atoms with van der Waals surface area (Å²) < 4.78 is 5.05. The minimum absolute atomic E-state index is 0.689. The van der Waals surface area contributed by atoms with Crippen molar-refractivity contribution in [1.82, 2.24) is 0 Å². The lowest BCUT2D eigenvalue weighted by Crippen LogP contribution is -1.85. The summed E-state index contributed by atoms with van der Waals surface area (Å²) in [6, 6.07) is 15.4. The average Bonchev–Trinajstić information content (AvgIpc) is 2.30. The van der Waals surface area contributed by atoms with Crippen LogP contribution in [0.5, 0.6) is 5.75 Å². The molecule has 2 rings (SSSR count). The second kappa shape index (κ2) is 4.37. The first kappa shape index (κ1) is 10.1. The number of benzene rings is 2. The second-order valence-corrected chi connectivity index (χ2v) is 3.59. The van der Waals surface area contributed by atoms with E-state index >= 15 is 0 Å². The molecule has 0 aliphatic heterocycles. The first-order valence-corrected chi connectivity index (χ1v) is 4.96. The molecule has 0 aromatic heterocycles. The molecule has 0 aliphatic rings.